The summed E-state index contributed by atoms with van der Waals surface area (Å²) in [5.41, 5.74) is 5.97. The van der Waals surface area contributed by atoms with E-state index in [1.165, 1.54) is 44.7 Å². The van der Waals surface area contributed by atoms with Crippen molar-refractivity contribution in [1.29, 1.82) is 0 Å². The van der Waals surface area contributed by atoms with Crippen LogP contribution >= 0.6 is 11.3 Å². The topological polar surface area (TPSA) is 86.1 Å². The zero-order valence-corrected chi connectivity index (χ0v) is 24.8. The molecule has 0 spiro atoms. The molecule has 5 aromatic rings. The number of fused-ring (bicyclic) bond motifs is 5. The Labute approximate surface area is 248 Å². The maximum Gasteiger partial charge on any atom is 0.229 e. The predicted octanol–water partition coefficient (Wildman–Crippen LogP) is 5.11. The summed E-state index contributed by atoms with van der Waals surface area (Å²) >= 11 is 1.63. The smallest absolute Gasteiger partial charge is 0.229 e. The van der Waals surface area contributed by atoms with Crippen LogP contribution in [0, 0.1) is 6.92 Å². The van der Waals surface area contributed by atoms with Crippen molar-refractivity contribution in [2.75, 3.05) is 61.9 Å². The molecule has 3 aliphatic rings. The highest BCUT2D eigenvalue weighted by atomic mass is 32.1. The van der Waals surface area contributed by atoms with Crippen LogP contribution in [0.2, 0.25) is 0 Å². The second kappa shape index (κ2) is 10.4. The first-order valence-corrected chi connectivity index (χ1v) is 15.6. The maximum atomic E-state index is 6.36. The molecule has 11 heteroatoms. The molecule has 8 rings (SSSR count). The largest absolute Gasteiger partial charge is 0.489 e. The molecule has 2 fully saturated rings. The van der Waals surface area contributed by atoms with Crippen LogP contribution in [-0.2, 0) is 0 Å². The molecule has 42 heavy (non-hydrogen) atoms. The zero-order valence-electron chi connectivity index (χ0n) is 24.0. The number of piperidine rings is 1. The van der Waals surface area contributed by atoms with E-state index in [4.69, 9.17) is 14.7 Å². The summed E-state index contributed by atoms with van der Waals surface area (Å²) in [5.74, 6) is 2.24. The summed E-state index contributed by atoms with van der Waals surface area (Å²) in [6, 6.07) is 11.6. The van der Waals surface area contributed by atoms with Crippen molar-refractivity contribution < 1.29 is 4.74 Å². The van der Waals surface area contributed by atoms with Gasteiger partial charge in [-0.05, 0) is 56.5 Å². The van der Waals surface area contributed by atoms with Gasteiger partial charge in [0.25, 0.3) is 0 Å². The lowest BCUT2D eigenvalue weighted by molar-refractivity contribution is 0.0822. The minimum absolute atomic E-state index is 0.428. The van der Waals surface area contributed by atoms with Crippen LogP contribution < -0.4 is 20.3 Å². The van der Waals surface area contributed by atoms with Gasteiger partial charge in [-0.3, -0.25) is 4.90 Å². The van der Waals surface area contributed by atoms with Crippen molar-refractivity contribution in [3.05, 3.63) is 59.9 Å². The van der Waals surface area contributed by atoms with Gasteiger partial charge in [-0.25, -0.2) is 9.97 Å². The first kappa shape index (κ1) is 25.8. The molecule has 216 valence electrons. The highest BCUT2D eigenvalue weighted by Crippen LogP contribution is 2.40. The molecule has 10 nitrogen and oxygen atoms in total. The summed E-state index contributed by atoms with van der Waals surface area (Å²) < 4.78 is 9.39. The Morgan fingerprint density at radius 2 is 1.88 bits per heavy atom. The Morgan fingerprint density at radius 1 is 0.976 bits per heavy atom. The minimum atomic E-state index is 0.428. The predicted molar refractivity (Wildman–Crippen MR) is 169 cm³/mol. The highest BCUT2D eigenvalue weighted by Gasteiger charge is 2.36. The molecule has 2 N–H and O–H groups in total. The number of pyridine rings is 1. The fraction of sp³-hybridized carbons (Fsp3) is 0.387. The number of likely N-dealkylation sites (N-methyl/N-ethyl adjacent to an activating group) is 1. The lowest BCUT2D eigenvalue weighted by Crippen LogP contribution is -2.57. The van der Waals surface area contributed by atoms with E-state index in [2.05, 4.69) is 73.9 Å². The lowest BCUT2D eigenvalue weighted by atomic mass is 9.93. The van der Waals surface area contributed by atoms with E-state index in [0.29, 0.717) is 18.0 Å². The van der Waals surface area contributed by atoms with E-state index in [9.17, 15) is 0 Å². The summed E-state index contributed by atoms with van der Waals surface area (Å²) in [5, 5.41) is 9.04. The number of thiophene rings is 1. The van der Waals surface area contributed by atoms with Gasteiger partial charge in [-0.15, -0.1) is 11.3 Å². The normalized spacial score (nSPS) is 21.2. The van der Waals surface area contributed by atoms with E-state index in [0.717, 1.165) is 57.5 Å². The molecule has 7 heterocycles. The number of nitrogens with one attached hydrogen (secondary N) is 2. The monoisotopic (exact) mass is 581 g/mol. The Kier molecular flexibility index (Phi) is 6.38. The molecular formula is C31H35N9OS. The highest BCUT2D eigenvalue weighted by molar-refractivity contribution is 7.17. The first-order chi connectivity index (χ1) is 20.6. The van der Waals surface area contributed by atoms with Crippen molar-refractivity contribution >= 4 is 56.0 Å². The van der Waals surface area contributed by atoms with Crippen LogP contribution in [0.4, 0.5) is 28.8 Å². The molecule has 0 saturated carbocycles. The summed E-state index contributed by atoms with van der Waals surface area (Å²) in [4.78, 5) is 21.9. The lowest BCUT2D eigenvalue weighted by Gasteiger charge is -2.48. The third kappa shape index (κ3) is 4.61. The van der Waals surface area contributed by atoms with Gasteiger partial charge in [0, 0.05) is 80.4 Å². The number of nitrogens with zero attached hydrogens (tertiary/aromatic N) is 7. The summed E-state index contributed by atoms with van der Waals surface area (Å²) in [6.07, 6.45) is 8.15. The number of hydrogen-bond acceptors (Lipinski definition) is 10. The number of ether oxygens (including phenoxy) is 1. The molecule has 0 amide bonds. The number of aryl methyl sites for hydroxylation is 1. The average Bonchev–Trinajstić information content (AvgIpc) is 3.69. The van der Waals surface area contributed by atoms with Gasteiger partial charge in [0.2, 0.25) is 5.95 Å². The van der Waals surface area contributed by atoms with E-state index < -0.39 is 0 Å². The number of benzene rings is 1. The van der Waals surface area contributed by atoms with Crippen LogP contribution in [0.1, 0.15) is 18.4 Å². The summed E-state index contributed by atoms with van der Waals surface area (Å²) in [7, 11) is 2.22. The number of rotatable bonds is 5. The Bertz CT molecular complexity index is 1760. The fourth-order valence-corrected chi connectivity index (χ4v) is 7.45. The van der Waals surface area contributed by atoms with Crippen molar-refractivity contribution in [2.45, 2.75) is 31.8 Å². The first-order valence-electron chi connectivity index (χ1n) is 14.8. The van der Waals surface area contributed by atoms with Crippen molar-refractivity contribution in [3.8, 4) is 5.75 Å². The van der Waals surface area contributed by atoms with E-state index in [-0.39, 0.29) is 0 Å². The van der Waals surface area contributed by atoms with Crippen LogP contribution in [0.15, 0.2) is 54.3 Å². The molecule has 0 radical (unpaired) electrons. The molecule has 0 aliphatic carbocycles. The summed E-state index contributed by atoms with van der Waals surface area (Å²) in [6.45, 7) is 8.56. The molecule has 4 aromatic heterocycles. The fourth-order valence-electron chi connectivity index (χ4n) is 6.67. The minimum Gasteiger partial charge on any atom is -0.489 e. The molecule has 1 unspecified atom stereocenters. The molecule has 1 aromatic carbocycles. The van der Waals surface area contributed by atoms with Gasteiger partial charge in [0.1, 0.15) is 18.0 Å². The third-order valence-corrected chi connectivity index (χ3v) is 9.98. The van der Waals surface area contributed by atoms with Crippen LogP contribution in [0.25, 0.3) is 15.9 Å². The number of anilines is 5. The maximum absolute atomic E-state index is 6.36. The molecular weight excluding hydrogens is 546 g/mol. The quantitative estimate of drug-likeness (QED) is 0.294. The number of imidazole rings is 1. The SMILES string of the molecule is Cc1c(Nc2nc(Nc3ccc4c(c3)OCC3C[C@@H](N5CCN(C)CC5)CCN43)nc3ccsc23)ccn2ccnc12. The number of piperazine rings is 1. The van der Waals surface area contributed by atoms with Gasteiger partial charge >= 0.3 is 0 Å². The van der Waals surface area contributed by atoms with Crippen LogP contribution in [0.5, 0.6) is 5.75 Å². The molecule has 2 saturated heterocycles. The van der Waals surface area contributed by atoms with Gasteiger partial charge in [0.15, 0.2) is 5.82 Å². The van der Waals surface area contributed by atoms with Gasteiger partial charge < -0.3 is 29.6 Å². The molecule has 3 aliphatic heterocycles. The van der Waals surface area contributed by atoms with Gasteiger partial charge in [-0.1, -0.05) is 0 Å². The van der Waals surface area contributed by atoms with Crippen LogP contribution in [-0.4, -0.2) is 87.6 Å². The third-order valence-electron chi connectivity index (χ3n) is 9.07. The zero-order chi connectivity index (χ0) is 28.2. The van der Waals surface area contributed by atoms with Gasteiger partial charge in [-0.2, -0.15) is 4.98 Å². The standard InChI is InChI=1S/C31H35N9OS/c1-20-24(6-9-39-11-8-32-30(20)39)34-29-28-25(7-16-42-28)35-31(36-29)33-21-3-4-26-27(17-21)41-19-23-18-22(5-10-40(23)26)38-14-12-37(2)13-15-38/h3-4,6-9,11,16-17,22-23H,5,10,12-15,18-19H2,1-2H3,(H2,33,34,35,36)/t22-,23?/m0/s1. The number of hydrogen-bond donors (Lipinski definition) is 2. The Morgan fingerprint density at radius 3 is 2.79 bits per heavy atom. The van der Waals surface area contributed by atoms with Crippen molar-refractivity contribution in [2.24, 2.45) is 0 Å². The number of aromatic nitrogens is 4. The Balaban J connectivity index is 1.01. The molecule has 2 atom stereocenters. The average molecular weight is 582 g/mol. The van der Waals surface area contributed by atoms with Crippen molar-refractivity contribution in [1.82, 2.24) is 29.2 Å². The van der Waals surface area contributed by atoms with E-state index in [1.54, 1.807) is 11.3 Å². The van der Waals surface area contributed by atoms with E-state index in [1.807, 2.05) is 29.1 Å². The Hall–Kier alpha value is -3.93. The molecule has 0 bridgehead atoms. The van der Waals surface area contributed by atoms with Crippen molar-refractivity contribution in [3.63, 3.8) is 0 Å². The second-order valence-corrected chi connectivity index (χ2v) is 12.6. The van der Waals surface area contributed by atoms with Crippen LogP contribution in [0.3, 0.4) is 0 Å². The second-order valence-electron chi connectivity index (χ2n) is 11.7. The van der Waals surface area contributed by atoms with Gasteiger partial charge in [0.05, 0.1) is 21.9 Å². The van der Waals surface area contributed by atoms with E-state index >= 15 is 0 Å².